The van der Waals surface area contributed by atoms with Crippen LogP contribution in [-0.4, -0.2) is 42.9 Å². The molecule has 8 nitrogen and oxygen atoms in total. The van der Waals surface area contributed by atoms with Crippen LogP contribution < -0.4 is 9.47 Å². The van der Waals surface area contributed by atoms with Crippen LogP contribution in [0.5, 0.6) is 11.5 Å². The number of aromatic nitrogens is 1. The summed E-state index contributed by atoms with van der Waals surface area (Å²) in [6.45, 7) is 3.76. The third-order valence-electron chi connectivity index (χ3n) is 6.03. The van der Waals surface area contributed by atoms with Gasteiger partial charge in [0.2, 0.25) is 11.5 Å². The van der Waals surface area contributed by atoms with Crippen molar-refractivity contribution in [2.75, 3.05) is 12.9 Å². The van der Waals surface area contributed by atoms with Gasteiger partial charge in [0.1, 0.15) is 17.3 Å². The second-order valence-electron chi connectivity index (χ2n) is 9.19. The fraction of sp³-hybridized carbons (Fsp3) is 0.241. The van der Waals surface area contributed by atoms with Crippen LogP contribution in [0.2, 0.25) is 0 Å². The number of benzene rings is 3. The average Bonchev–Trinajstić information content (AvgIpc) is 3.25. The molecule has 0 aliphatic carbocycles. The summed E-state index contributed by atoms with van der Waals surface area (Å²) in [6.07, 6.45) is 1.78. The van der Waals surface area contributed by atoms with Gasteiger partial charge in [-0.1, -0.05) is 30.3 Å². The predicted molar refractivity (Wildman–Crippen MR) is 142 cm³/mol. The number of carbonyl (C=O) groups is 1. The summed E-state index contributed by atoms with van der Waals surface area (Å²) in [5.74, 6) is 1.11. The van der Waals surface area contributed by atoms with E-state index in [1.165, 1.54) is 31.2 Å². The lowest BCUT2D eigenvalue weighted by molar-refractivity contribution is -0.153. The highest BCUT2D eigenvalue weighted by molar-refractivity contribution is 7.90. The summed E-state index contributed by atoms with van der Waals surface area (Å²) in [5.41, 5.74) is 0.937. The standard InChI is InChI=1S/C29H29NO7S/c1-20-26(30-27(36-20)22-7-5-4-6-8-22)17-18-35-23-11-9-21(10-12-23)19-29(2,28(31)32)37-24-13-15-25(16-14-24)38(3,33)34/h4-16H,17-19H2,1-3H3,(H,31,32). The quantitative estimate of drug-likeness (QED) is 0.281. The van der Waals surface area contributed by atoms with Crippen molar-refractivity contribution in [1.82, 2.24) is 4.98 Å². The molecule has 1 unspecified atom stereocenters. The molecule has 0 saturated heterocycles. The molecule has 1 atom stereocenters. The van der Waals surface area contributed by atoms with Crippen LogP contribution in [0.4, 0.5) is 0 Å². The lowest BCUT2D eigenvalue weighted by Gasteiger charge is -2.26. The maximum Gasteiger partial charge on any atom is 0.348 e. The van der Waals surface area contributed by atoms with E-state index in [1.54, 1.807) is 24.3 Å². The first kappa shape index (κ1) is 26.9. The van der Waals surface area contributed by atoms with E-state index in [-0.39, 0.29) is 17.1 Å². The maximum atomic E-state index is 12.1. The minimum Gasteiger partial charge on any atom is -0.493 e. The van der Waals surface area contributed by atoms with Crippen LogP contribution in [0.25, 0.3) is 11.5 Å². The monoisotopic (exact) mass is 535 g/mol. The van der Waals surface area contributed by atoms with Gasteiger partial charge in [-0.2, -0.15) is 0 Å². The number of ether oxygens (including phenoxy) is 2. The molecule has 3 aromatic carbocycles. The van der Waals surface area contributed by atoms with Crippen molar-refractivity contribution in [2.24, 2.45) is 0 Å². The van der Waals surface area contributed by atoms with E-state index in [9.17, 15) is 18.3 Å². The Labute approximate surface area is 221 Å². The normalized spacial score (nSPS) is 13.0. The number of carboxylic acid groups (broad SMARTS) is 1. The van der Waals surface area contributed by atoms with Gasteiger partial charge in [-0.05, 0) is 67.9 Å². The summed E-state index contributed by atoms with van der Waals surface area (Å²) in [6, 6.07) is 22.5. The van der Waals surface area contributed by atoms with Gasteiger partial charge in [-0.25, -0.2) is 18.2 Å². The van der Waals surface area contributed by atoms with Crippen LogP contribution in [0.1, 0.15) is 23.9 Å². The molecule has 1 aromatic heterocycles. The van der Waals surface area contributed by atoms with Gasteiger partial charge in [-0.3, -0.25) is 0 Å². The fourth-order valence-electron chi connectivity index (χ4n) is 3.89. The molecular weight excluding hydrogens is 506 g/mol. The number of rotatable bonds is 11. The van der Waals surface area contributed by atoms with Crippen LogP contribution in [0.3, 0.4) is 0 Å². The van der Waals surface area contributed by atoms with E-state index in [1.807, 2.05) is 37.3 Å². The van der Waals surface area contributed by atoms with Crippen molar-refractivity contribution >= 4 is 15.8 Å². The van der Waals surface area contributed by atoms with Gasteiger partial charge in [0.05, 0.1) is 17.2 Å². The molecule has 9 heteroatoms. The van der Waals surface area contributed by atoms with Gasteiger partial charge < -0.3 is 19.0 Å². The summed E-state index contributed by atoms with van der Waals surface area (Å²) >= 11 is 0. The van der Waals surface area contributed by atoms with Crippen molar-refractivity contribution in [3.8, 4) is 23.0 Å². The minimum atomic E-state index is -3.36. The van der Waals surface area contributed by atoms with E-state index in [2.05, 4.69) is 4.98 Å². The molecule has 1 heterocycles. The molecule has 38 heavy (non-hydrogen) atoms. The van der Waals surface area contributed by atoms with Crippen LogP contribution in [0.15, 0.2) is 88.2 Å². The average molecular weight is 536 g/mol. The SMILES string of the molecule is Cc1oc(-c2ccccc2)nc1CCOc1ccc(CC(C)(Oc2ccc(S(C)(=O)=O)cc2)C(=O)O)cc1. The number of sulfone groups is 1. The topological polar surface area (TPSA) is 116 Å². The third kappa shape index (κ3) is 6.60. The lowest BCUT2D eigenvalue weighted by Crippen LogP contribution is -2.43. The third-order valence-corrected chi connectivity index (χ3v) is 7.16. The maximum absolute atomic E-state index is 12.1. The fourth-order valence-corrected chi connectivity index (χ4v) is 4.52. The molecule has 0 spiro atoms. The second kappa shape index (κ2) is 11.1. The molecule has 0 aliphatic heterocycles. The molecule has 0 fully saturated rings. The van der Waals surface area contributed by atoms with E-state index < -0.39 is 21.4 Å². The highest BCUT2D eigenvalue weighted by Crippen LogP contribution is 2.26. The first-order chi connectivity index (χ1) is 18.0. The minimum absolute atomic E-state index is 0.0941. The summed E-state index contributed by atoms with van der Waals surface area (Å²) in [5, 5.41) is 9.86. The molecule has 4 rings (SSSR count). The van der Waals surface area contributed by atoms with E-state index >= 15 is 0 Å². The molecule has 0 bridgehead atoms. The number of aryl methyl sites for hydroxylation is 1. The van der Waals surface area contributed by atoms with Crippen molar-refractivity contribution in [3.63, 3.8) is 0 Å². The zero-order valence-corrected chi connectivity index (χ0v) is 22.2. The zero-order chi connectivity index (χ0) is 27.3. The van der Waals surface area contributed by atoms with Gasteiger partial charge in [0.15, 0.2) is 9.84 Å². The number of nitrogens with zero attached hydrogens (tertiary/aromatic N) is 1. The highest BCUT2D eigenvalue weighted by atomic mass is 32.2. The van der Waals surface area contributed by atoms with Crippen LogP contribution >= 0.6 is 0 Å². The van der Waals surface area contributed by atoms with E-state index in [0.717, 1.165) is 28.8 Å². The van der Waals surface area contributed by atoms with E-state index in [4.69, 9.17) is 13.9 Å². The summed E-state index contributed by atoms with van der Waals surface area (Å²) in [4.78, 5) is 16.8. The smallest absolute Gasteiger partial charge is 0.348 e. The number of oxazole rings is 1. The van der Waals surface area contributed by atoms with Gasteiger partial charge in [-0.15, -0.1) is 0 Å². The van der Waals surface area contributed by atoms with Crippen molar-refractivity contribution in [1.29, 1.82) is 0 Å². The Morgan fingerprint density at radius 1 is 0.974 bits per heavy atom. The lowest BCUT2D eigenvalue weighted by atomic mass is 9.96. The largest absolute Gasteiger partial charge is 0.493 e. The summed E-state index contributed by atoms with van der Waals surface area (Å²) in [7, 11) is -3.36. The van der Waals surface area contributed by atoms with E-state index in [0.29, 0.717) is 24.7 Å². The molecular formula is C29H29NO7S. The first-order valence-electron chi connectivity index (χ1n) is 12.0. The molecule has 0 amide bonds. The zero-order valence-electron chi connectivity index (χ0n) is 21.4. The van der Waals surface area contributed by atoms with Crippen molar-refractivity contribution in [2.45, 2.75) is 37.2 Å². The molecule has 1 N–H and O–H groups in total. The van der Waals surface area contributed by atoms with Crippen LogP contribution in [-0.2, 0) is 27.5 Å². The number of carboxylic acids is 1. The van der Waals surface area contributed by atoms with Crippen LogP contribution in [0, 0.1) is 6.92 Å². The summed E-state index contributed by atoms with van der Waals surface area (Å²) < 4.78 is 40.8. The Bertz CT molecular complexity index is 1500. The number of hydrogen-bond donors (Lipinski definition) is 1. The Morgan fingerprint density at radius 2 is 1.61 bits per heavy atom. The van der Waals surface area contributed by atoms with Gasteiger partial charge in [0.25, 0.3) is 0 Å². The highest BCUT2D eigenvalue weighted by Gasteiger charge is 2.36. The second-order valence-corrected chi connectivity index (χ2v) is 11.2. The van der Waals surface area contributed by atoms with Crippen molar-refractivity contribution in [3.05, 3.63) is 95.9 Å². The van der Waals surface area contributed by atoms with Gasteiger partial charge in [0, 0.05) is 24.7 Å². The number of aliphatic carboxylic acids is 1. The Balaban J connectivity index is 1.35. The molecule has 198 valence electrons. The van der Waals surface area contributed by atoms with Gasteiger partial charge >= 0.3 is 5.97 Å². The number of hydrogen-bond acceptors (Lipinski definition) is 7. The molecule has 0 radical (unpaired) electrons. The Morgan fingerprint density at radius 3 is 2.21 bits per heavy atom. The predicted octanol–water partition coefficient (Wildman–Crippen LogP) is 5.14. The van der Waals surface area contributed by atoms with Crippen molar-refractivity contribution < 1.29 is 32.2 Å². The first-order valence-corrected chi connectivity index (χ1v) is 13.9. The Kier molecular flexibility index (Phi) is 7.87. The Hall–Kier alpha value is -4.11. The molecule has 0 saturated carbocycles. The molecule has 4 aromatic rings. The molecule has 0 aliphatic rings.